The zero-order valence-corrected chi connectivity index (χ0v) is 9.54. The number of carbonyl (C=O) groups excluding carboxylic acids is 1. The molecule has 2 N–H and O–H groups in total. The van der Waals surface area contributed by atoms with Gasteiger partial charge in [0.2, 0.25) is 5.91 Å². The summed E-state index contributed by atoms with van der Waals surface area (Å²) in [7, 11) is 0. The van der Waals surface area contributed by atoms with Gasteiger partial charge in [-0.1, -0.05) is 31.4 Å². The van der Waals surface area contributed by atoms with E-state index in [-0.39, 0.29) is 11.8 Å². The van der Waals surface area contributed by atoms with E-state index in [0.717, 1.165) is 6.42 Å². The Balaban J connectivity index is 2.03. The zero-order chi connectivity index (χ0) is 10.8. The lowest BCUT2D eigenvalue weighted by molar-refractivity contribution is -0.123. The van der Waals surface area contributed by atoms with Crippen LogP contribution in [0.3, 0.4) is 0 Å². The summed E-state index contributed by atoms with van der Waals surface area (Å²) in [4.78, 5) is 11.3. The van der Waals surface area contributed by atoms with Crippen molar-refractivity contribution in [3.05, 3.63) is 11.6 Å². The van der Waals surface area contributed by atoms with E-state index in [4.69, 9.17) is 5.73 Å². The van der Waals surface area contributed by atoms with Gasteiger partial charge < -0.3 is 5.73 Å². The maximum atomic E-state index is 11.3. The normalized spacial score (nSPS) is 36.3. The molecule has 2 aliphatic carbocycles. The van der Waals surface area contributed by atoms with Crippen LogP contribution in [0.25, 0.3) is 0 Å². The summed E-state index contributed by atoms with van der Waals surface area (Å²) < 4.78 is 0. The first-order chi connectivity index (χ1) is 7.24. The molecule has 2 rings (SSSR count). The van der Waals surface area contributed by atoms with E-state index in [9.17, 15) is 4.79 Å². The summed E-state index contributed by atoms with van der Waals surface area (Å²) in [6.07, 6.45) is 9.60. The molecule has 0 aromatic heterocycles. The quantitative estimate of drug-likeness (QED) is 0.559. The predicted molar refractivity (Wildman–Crippen MR) is 61.1 cm³/mol. The van der Waals surface area contributed by atoms with E-state index in [1.54, 1.807) is 5.57 Å². The van der Waals surface area contributed by atoms with Gasteiger partial charge in [0.05, 0.1) is 0 Å². The Labute approximate surface area is 91.9 Å². The van der Waals surface area contributed by atoms with Crippen LogP contribution in [0.2, 0.25) is 0 Å². The fraction of sp³-hybridized carbons (Fsp3) is 0.769. The number of rotatable bonds is 4. The number of primary amides is 1. The predicted octanol–water partition coefficient (Wildman–Crippen LogP) is 2.63. The fourth-order valence-electron chi connectivity index (χ4n) is 3.28. The first-order valence-electron chi connectivity index (χ1n) is 6.23. The topological polar surface area (TPSA) is 43.1 Å². The summed E-state index contributed by atoms with van der Waals surface area (Å²) in [6, 6.07) is 0. The summed E-state index contributed by atoms with van der Waals surface area (Å²) >= 11 is 0. The molecule has 2 fully saturated rings. The molecule has 0 aromatic rings. The number of amides is 1. The standard InChI is InChI=1S/C13H21NO/c1-2-3-4-5-10-9-6-7-11(10)12(8-9)13(14)15/h5,9,11-12H,2-4,6-8H2,1H3,(H2,14,15). The highest BCUT2D eigenvalue weighted by atomic mass is 16.1. The van der Waals surface area contributed by atoms with Gasteiger partial charge in [0.25, 0.3) is 0 Å². The minimum atomic E-state index is -0.0800. The number of hydrogen-bond donors (Lipinski definition) is 1. The Kier molecular flexibility index (Phi) is 3.13. The van der Waals surface area contributed by atoms with Crippen LogP contribution in [-0.4, -0.2) is 5.91 Å². The Morgan fingerprint density at radius 1 is 1.53 bits per heavy atom. The lowest BCUT2D eigenvalue weighted by Crippen LogP contribution is -2.27. The highest BCUT2D eigenvalue weighted by molar-refractivity contribution is 5.78. The SMILES string of the molecule is CCCCC=C1C2CCC1C(C(N)=O)C2. The number of allylic oxidation sites excluding steroid dienone is 2. The average Bonchev–Trinajstić information content (AvgIpc) is 2.75. The van der Waals surface area contributed by atoms with Gasteiger partial charge in [-0.3, -0.25) is 4.79 Å². The Morgan fingerprint density at radius 2 is 2.33 bits per heavy atom. The third kappa shape index (κ3) is 1.95. The van der Waals surface area contributed by atoms with Crippen molar-refractivity contribution in [3.63, 3.8) is 0 Å². The smallest absolute Gasteiger partial charge is 0.221 e. The van der Waals surface area contributed by atoms with E-state index in [1.165, 1.54) is 32.1 Å². The van der Waals surface area contributed by atoms with Crippen molar-refractivity contribution in [2.45, 2.75) is 45.4 Å². The number of nitrogens with two attached hydrogens (primary N) is 1. The van der Waals surface area contributed by atoms with Gasteiger partial charge in [-0.25, -0.2) is 0 Å². The zero-order valence-electron chi connectivity index (χ0n) is 9.54. The highest BCUT2D eigenvalue weighted by Crippen LogP contribution is 2.52. The van der Waals surface area contributed by atoms with Crippen molar-refractivity contribution in [1.29, 1.82) is 0 Å². The van der Waals surface area contributed by atoms with Crippen molar-refractivity contribution in [2.24, 2.45) is 23.5 Å². The summed E-state index contributed by atoms with van der Waals surface area (Å²) in [5.74, 6) is 1.26. The Hall–Kier alpha value is -0.790. The number of carbonyl (C=O) groups is 1. The molecule has 0 aromatic carbocycles. The second-order valence-corrected chi connectivity index (χ2v) is 4.97. The molecule has 2 aliphatic rings. The fourth-order valence-corrected chi connectivity index (χ4v) is 3.28. The first kappa shape index (κ1) is 10.7. The van der Waals surface area contributed by atoms with Crippen molar-refractivity contribution in [3.8, 4) is 0 Å². The van der Waals surface area contributed by atoms with Gasteiger partial charge in [0.15, 0.2) is 0 Å². The van der Waals surface area contributed by atoms with Crippen molar-refractivity contribution >= 4 is 5.91 Å². The molecular weight excluding hydrogens is 186 g/mol. The van der Waals surface area contributed by atoms with Crippen LogP contribution < -0.4 is 5.73 Å². The average molecular weight is 207 g/mol. The lowest BCUT2D eigenvalue weighted by atomic mass is 9.88. The molecule has 2 nitrogen and oxygen atoms in total. The first-order valence-corrected chi connectivity index (χ1v) is 6.23. The van der Waals surface area contributed by atoms with Crippen LogP contribution >= 0.6 is 0 Å². The van der Waals surface area contributed by atoms with Crippen LogP contribution in [0.5, 0.6) is 0 Å². The van der Waals surface area contributed by atoms with Gasteiger partial charge in [0.1, 0.15) is 0 Å². The Bertz CT molecular complexity index is 282. The van der Waals surface area contributed by atoms with E-state index in [0.29, 0.717) is 11.8 Å². The largest absolute Gasteiger partial charge is 0.369 e. The van der Waals surface area contributed by atoms with Crippen LogP contribution in [0, 0.1) is 17.8 Å². The summed E-state index contributed by atoms with van der Waals surface area (Å²) in [5.41, 5.74) is 7.00. The van der Waals surface area contributed by atoms with Gasteiger partial charge in [0, 0.05) is 5.92 Å². The highest BCUT2D eigenvalue weighted by Gasteiger charge is 2.45. The number of hydrogen-bond acceptors (Lipinski definition) is 1. The van der Waals surface area contributed by atoms with Crippen LogP contribution in [0.4, 0.5) is 0 Å². The second-order valence-electron chi connectivity index (χ2n) is 4.97. The number of unbranched alkanes of at least 4 members (excludes halogenated alkanes) is 2. The van der Waals surface area contributed by atoms with E-state index in [1.807, 2.05) is 0 Å². The monoisotopic (exact) mass is 207 g/mol. The van der Waals surface area contributed by atoms with Crippen molar-refractivity contribution in [2.75, 3.05) is 0 Å². The third-order valence-corrected chi connectivity index (χ3v) is 4.05. The molecule has 0 radical (unpaired) electrons. The van der Waals surface area contributed by atoms with E-state index < -0.39 is 0 Å². The van der Waals surface area contributed by atoms with Crippen LogP contribution in [0.1, 0.15) is 45.4 Å². The maximum Gasteiger partial charge on any atom is 0.221 e. The lowest BCUT2D eigenvalue weighted by Gasteiger charge is -2.16. The minimum Gasteiger partial charge on any atom is -0.369 e. The molecule has 2 saturated carbocycles. The molecule has 1 amide bonds. The molecule has 3 unspecified atom stereocenters. The van der Waals surface area contributed by atoms with Crippen molar-refractivity contribution in [1.82, 2.24) is 0 Å². The molecule has 0 spiro atoms. The molecule has 0 saturated heterocycles. The molecule has 15 heavy (non-hydrogen) atoms. The third-order valence-electron chi connectivity index (χ3n) is 4.05. The van der Waals surface area contributed by atoms with Gasteiger partial charge >= 0.3 is 0 Å². The molecule has 0 aliphatic heterocycles. The van der Waals surface area contributed by atoms with Crippen LogP contribution in [0.15, 0.2) is 11.6 Å². The second kappa shape index (κ2) is 4.38. The van der Waals surface area contributed by atoms with E-state index >= 15 is 0 Å². The molecular formula is C13H21NO. The van der Waals surface area contributed by atoms with Crippen LogP contribution in [-0.2, 0) is 4.79 Å². The minimum absolute atomic E-state index is 0.0800. The van der Waals surface area contributed by atoms with Gasteiger partial charge in [-0.2, -0.15) is 0 Å². The molecule has 84 valence electrons. The van der Waals surface area contributed by atoms with E-state index in [2.05, 4.69) is 13.0 Å². The molecule has 2 heteroatoms. The van der Waals surface area contributed by atoms with Crippen molar-refractivity contribution < 1.29 is 4.79 Å². The maximum absolute atomic E-state index is 11.3. The molecule has 2 bridgehead atoms. The molecule has 3 atom stereocenters. The van der Waals surface area contributed by atoms with Gasteiger partial charge in [-0.15, -0.1) is 0 Å². The molecule has 0 heterocycles. The van der Waals surface area contributed by atoms with Gasteiger partial charge in [-0.05, 0) is 37.5 Å². The summed E-state index contributed by atoms with van der Waals surface area (Å²) in [6.45, 7) is 2.22. The Morgan fingerprint density at radius 3 is 2.93 bits per heavy atom. The number of fused-ring (bicyclic) bond motifs is 2. The summed E-state index contributed by atoms with van der Waals surface area (Å²) in [5, 5.41) is 0.